The Morgan fingerprint density at radius 1 is 1.09 bits per heavy atom. The van der Waals surface area contributed by atoms with Gasteiger partial charge in [0.2, 0.25) is 12.4 Å². The van der Waals surface area contributed by atoms with Gasteiger partial charge in [-0.2, -0.15) is 4.84 Å². The maximum absolute atomic E-state index is 11.2. The van der Waals surface area contributed by atoms with Crippen molar-refractivity contribution < 1.29 is 19.4 Å². The van der Waals surface area contributed by atoms with Crippen molar-refractivity contribution in [2.24, 2.45) is 4.99 Å². The van der Waals surface area contributed by atoms with Crippen LogP contribution in [0.4, 0.5) is 0 Å². The van der Waals surface area contributed by atoms with Gasteiger partial charge < -0.3 is 5.11 Å². The van der Waals surface area contributed by atoms with Crippen LogP contribution in [0.5, 0.6) is 0 Å². The van der Waals surface area contributed by atoms with Gasteiger partial charge >= 0.3 is 5.97 Å². The van der Waals surface area contributed by atoms with E-state index in [0.717, 1.165) is 18.7 Å². The number of hydroxylamine groups is 3. The minimum atomic E-state index is -0.819. The number of aliphatic carboxylic acids is 1. The molecule has 0 radical (unpaired) electrons. The summed E-state index contributed by atoms with van der Waals surface area (Å²) >= 11 is 0. The number of carboxylic acids is 1. The number of hydrogen-bond acceptors (Lipinski definition) is 3. The van der Waals surface area contributed by atoms with Gasteiger partial charge in [0.1, 0.15) is 13.2 Å². The fourth-order valence-corrected chi connectivity index (χ4v) is 3.30. The molecule has 0 aromatic heterocycles. The van der Waals surface area contributed by atoms with Gasteiger partial charge in [-0.25, -0.2) is 9.79 Å². The van der Waals surface area contributed by atoms with E-state index in [4.69, 9.17) is 9.94 Å². The molecule has 1 aliphatic rings. The molecule has 0 saturated heterocycles. The van der Waals surface area contributed by atoms with E-state index in [1.807, 2.05) is 6.92 Å². The van der Waals surface area contributed by atoms with Crippen molar-refractivity contribution in [3.05, 3.63) is 0 Å². The van der Waals surface area contributed by atoms with E-state index in [0.29, 0.717) is 19.7 Å². The molecular weight excluding hydrogens is 292 g/mol. The molecule has 1 N–H and O–H groups in total. The van der Waals surface area contributed by atoms with E-state index in [2.05, 4.69) is 11.9 Å². The Morgan fingerprint density at radius 3 is 2.26 bits per heavy atom. The number of aliphatic imine (C=N–C) groups is 1. The first-order valence-electron chi connectivity index (χ1n) is 9.42. The van der Waals surface area contributed by atoms with E-state index < -0.39 is 5.97 Å². The van der Waals surface area contributed by atoms with Crippen molar-refractivity contribution in [3.8, 4) is 0 Å². The lowest BCUT2D eigenvalue weighted by molar-refractivity contribution is -1.03. The fraction of sp³-hybridized carbons (Fsp3) is 0.889. The third-order valence-corrected chi connectivity index (χ3v) is 4.50. The first kappa shape index (κ1) is 20.1. The molecular formula is C18H35N2O3+. The van der Waals surface area contributed by atoms with E-state index >= 15 is 0 Å². The number of unbranched alkanes of at least 4 members (excludes halogenated alkanes) is 8. The zero-order valence-electron chi connectivity index (χ0n) is 15.1. The van der Waals surface area contributed by atoms with Crippen molar-refractivity contribution in [2.75, 3.05) is 26.2 Å². The standard InChI is InChI=1S/C18H34N2O3/c1-3-5-6-7-8-9-10-11-12-13-17-19-14-15-20(17,23-4-2)16-18(21)22/h3-16H2,1-2H3/p+1. The molecule has 23 heavy (non-hydrogen) atoms. The van der Waals surface area contributed by atoms with Crippen LogP contribution in [0.15, 0.2) is 4.99 Å². The highest BCUT2D eigenvalue weighted by Crippen LogP contribution is 2.21. The maximum atomic E-state index is 11.2. The summed E-state index contributed by atoms with van der Waals surface area (Å²) in [5.74, 6) is 0.109. The summed E-state index contributed by atoms with van der Waals surface area (Å²) in [6, 6.07) is 0. The first-order chi connectivity index (χ1) is 11.1. The van der Waals surface area contributed by atoms with E-state index in [1.54, 1.807) is 0 Å². The molecule has 1 aliphatic heterocycles. The molecule has 5 heteroatoms. The highest BCUT2D eigenvalue weighted by atomic mass is 16.7. The molecule has 0 aliphatic carbocycles. The monoisotopic (exact) mass is 327 g/mol. The molecule has 0 bridgehead atoms. The molecule has 0 amide bonds. The Balaban J connectivity index is 2.23. The predicted molar refractivity (Wildman–Crippen MR) is 93.4 cm³/mol. The van der Waals surface area contributed by atoms with Crippen molar-refractivity contribution in [3.63, 3.8) is 0 Å². The summed E-state index contributed by atoms with van der Waals surface area (Å²) in [6.07, 6.45) is 12.5. The summed E-state index contributed by atoms with van der Waals surface area (Å²) in [7, 11) is 0. The molecule has 0 aromatic carbocycles. The molecule has 0 fully saturated rings. The second kappa shape index (κ2) is 11.6. The molecule has 1 rings (SSSR count). The van der Waals surface area contributed by atoms with Crippen LogP contribution in [0.1, 0.15) is 78.1 Å². The van der Waals surface area contributed by atoms with E-state index in [1.165, 1.54) is 51.4 Å². The summed E-state index contributed by atoms with van der Waals surface area (Å²) in [5, 5.41) is 9.16. The minimum absolute atomic E-state index is 0.00982. The van der Waals surface area contributed by atoms with E-state index in [-0.39, 0.29) is 11.2 Å². The number of hydrogen-bond donors (Lipinski definition) is 1. The second-order valence-electron chi connectivity index (χ2n) is 6.46. The largest absolute Gasteiger partial charge is 0.477 e. The van der Waals surface area contributed by atoms with Gasteiger partial charge in [0, 0.05) is 6.42 Å². The quantitative estimate of drug-likeness (QED) is 0.385. The van der Waals surface area contributed by atoms with Gasteiger partial charge in [0.05, 0.1) is 6.54 Å². The molecule has 5 nitrogen and oxygen atoms in total. The topological polar surface area (TPSA) is 58.9 Å². The SMILES string of the molecule is CCCCCCCCCCCC1=NCC[N+]1(CC(=O)O)OCC. The summed E-state index contributed by atoms with van der Waals surface area (Å²) < 4.78 is 0.114. The number of quaternary nitrogens is 1. The fourth-order valence-electron chi connectivity index (χ4n) is 3.30. The molecule has 0 spiro atoms. The lowest BCUT2D eigenvalue weighted by Gasteiger charge is -2.29. The van der Waals surface area contributed by atoms with Gasteiger partial charge in [-0.05, 0) is 13.3 Å². The average Bonchev–Trinajstić information content (AvgIpc) is 2.87. The van der Waals surface area contributed by atoms with E-state index in [9.17, 15) is 4.79 Å². The van der Waals surface area contributed by atoms with Gasteiger partial charge in [-0.15, -0.1) is 4.65 Å². The third kappa shape index (κ3) is 7.44. The highest BCUT2D eigenvalue weighted by Gasteiger charge is 2.42. The van der Waals surface area contributed by atoms with Crippen LogP contribution in [0.25, 0.3) is 0 Å². The molecule has 0 saturated carbocycles. The van der Waals surface area contributed by atoms with Crippen molar-refractivity contribution in [1.82, 2.24) is 0 Å². The molecule has 1 atom stereocenters. The molecule has 0 aromatic rings. The Morgan fingerprint density at radius 2 is 1.70 bits per heavy atom. The Kier molecular flexibility index (Phi) is 10.1. The van der Waals surface area contributed by atoms with Crippen LogP contribution in [0.2, 0.25) is 0 Å². The highest BCUT2D eigenvalue weighted by molar-refractivity contribution is 5.79. The van der Waals surface area contributed by atoms with Crippen LogP contribution in [0, 0.1) is 0 Å². The predicted octanol–water partition coefficient (Wildman–Crippen LogP) is 4.17. The number of nitrogens with zero attached hydrogens (tertiary/aromatic N) is 2. The number of rotatable bonds is 14. The summed E-state index contributed by atoms with van der Waals surface area (Å²) in [6.45, 7) is 6.01. The second-order valence-corrected chi connectivity index (χ2v) is 6.46. The first-order valence-corrected chi connectivity index (χ1v) is 9.42. The van der Waals surface area contributed by atoms with Crippen LogP contribution >= 0.6 is 0 Å². The number of carbonyl (C=O) groups is 1. The van der Waals surface area contributed by atoms with Gasteiger partial charge in [-0.3, -0.25) is 0 Å². The van der Waals surface area contributed by atoms with Crippen molar-refractivity contribution in [1.29, 1.82) is 0 Å². The smallest absolute Gasteiger partial charge is 0.362 e. The lowest BCUT2D eigenvalue weighted by atomic mass is 10.1. The van der Waals surface area contributed by atoms with Gasteiger partial charge in [0.15, 0.2) is 0 Å². The zero-order chi connectivity index (χ0) is 17.0. The third-order valence-electron chi connectivity index (χ3n) is 4.50. The average molecular weight is 327 g/mol. The normalized spacial score (nSPS) is 20.7. The van der Waals surface area contributed by atoms with Gasteiger partial charge in [0.25, 0.3) is 0 Å². The number of amidine groups is 1. The summed E-state index contributed by atoms with van der Waals surface area (Å²) in [5.41, 5.74) is 0. The Hall–Kier alpha value is -0.940. The molecule has 1 heterocycles. The van der Waals surface area contributed by atoms with Crippen molar-refractivity contribution >= 4 is 11.8 Å². The molecule has 1 unspecified atom stereocenters. The zero-order valence-corrected chi connectivity index (χ0v) is 15.1. The summed E-state index contributed by atoms with van der Waals surface area (Å²) in [4.78, 5) is 21.5. The molecule has 134 valence electrons. The van der Waals surface area contributed by atoms with Gasteiger partial charge in [-0.1, -0.05) is 58.3 Å². The Labute approximate surface area is 141 Å². The van der Waals surface area contributed by atoms with Crippen molar-refractivity contribution in [2.45, 2.75) is 78.1 Å². The van der Waals surface area contributed by atoms with Crippen LogP contribution in [-0.2, 0) is 9.63 Å². The van der Waals surface area contributed by atoms with Crippen LogP contribution in [-0.4, -0.2) is 47.8 Å². The maximum Gasteiger partial charge on any atom is 0.362 e. The lowest BCUT2D eigenvalue weighted by Crippen LogP contribution is -2.53. The van der Waals surface area contributed by atoms with Crippen LogP contribution < -0.4 is 0 Å². The Bertz CT molecular complexity index is 371. The minimum Gasteiger partial charge on any atom is -0.477 e. The number of carboxylic acid groups (broad SMARTS) is 1. The van der Waals surface area contributed by atoms with Crippen LogP contribution in [0.3, 0.4) is 0 Å².